The SMILES string of the molecule is COc1ccc(NS(=O)(=O)c2cccc(NC(=O)CNC(=O)c3ccccc3F)c2)cc1. The van der Waals surface area contributed by atoms with Crippen molar-refractivity contribution in [3.8, 4) is 5.75 Å². The second-order valence-corrected chi connectivity index (χ2v) is 8.25. The van der Waals surface area contributed by atoms with Gasteiger partial charge in [-0.05, 0) is 54.6 Å². The fraction of sp³-hybridized carbons (Fsp3) is 0.0909. The molecule has 0 aliphatic rings. The van der Waals surface area contributed by atoms with Crippen molar-refractivity contribution in [3.05, 3.63) is 84.2 Å². The maximum atomic E-state index is 13.6. The number of hydrogen-bond acceptors (Lipinski definition) is 5. The van der Waals surface area contributed by atoms with E-state index in [-0.39, 0.29) is 16.1 Å². The molecular weight excluding hydrogens is 437 g/mol. The molecule has 10 heteroatoms. The van der Waals surface area contributed by atoms with Gasteiger partial charge in [0.05, 0.1) is 24.1 Å². The van der Waals surface area contributed by atoms with Gasteiger partial charge in [0.25, 0.3) is 15.9 Å². The summed E-state index contributed by atoms with van der Waals surface area (Å²) in [7, 11) is -2.41. The highest BCUT2D eigenvalue weighted by atomic mass is 32.2. The molecule has 0 saturated carbocycles. The zero-order chi connectivity index (χ0) is 23.1. The van der Waals surface area contributed by atoms with E-state index in [9.17, 15) is 22.4 Å². The van der Waals surface area contributed by atoms with Crippen molar-refractivity contribution < 1.29 is 27.1 Å². The van der Waals surface area contributed by atoms with Crippen LogP contribution >= 0.6 is 0 Å². The summed E-state index contributed by atoms with van der Waals surface area (Å²) in [6.45, 7) is -0.422. The third kappa shape index (κ3) is 5.82. The Labute approximate surface area is 184 Å². The van der Waals surface area contributed by atoms with Gasteiger partial charge in [0.1, 0.15) is 11.6 Å². The van der Waals surface area contributed by atoms with E-state index in [0.29, 0.717) is 11.4 Å². The number of carbonyl (C=O) groups is 2. The molecule has 0 spiro atoms. The number of nitrogens with one attached hydrogen (secondary N) is 3. The first-order valence-electron chi connectivity index (χ1n) is 9.38. The summed E-state index contributed by atoms with van der Waals surface area (Å²) in [6.07, 6.45) is 0. The van der Waals surface area contributed by atoms with Crippen molar-refractivity contribution in [2.24, 2.45) is 0 Å². The number of carbonyl (C=O) groups excluding carboxylic acids is 2. The van der Waals surface area contributed by atoms with Crippen molar-refractivity contribution in [1.82, 2.24) is 5.32 Å². The number of benzene rings is 3. The number of anilines is 2. The van der Waals surface area contributed by atoms with E-state index >= 15 is 0 Å². The highest BCUT2D eigenvalue weighted by molar-refractivity contribution is 7.92. The smallest absolute Gasteiger partial charge is 0.261 e. The van der Waals surface area contributed by atoms with Crippen molar-refractivity contribution in [3.63, 3.8) is 0 Å². The molecule has 2 amide bonds. The van der Waals surface area contributed by atoms with E-state index in [0.717, 1.165) is 6.07 Å². The quantitative estimate of drug-likeness (QED) is 0.481. The van der Waals surface area contributed by atoms with Crippen molar-refractivity contribution in [2.75, 3.05) is 23.7 Å². The molecule has 0 aliphatic heterocycles. The molecule has 8 nitrogen and oxygen atoms in total. The lowest BCUT2D eigenvalue weighted by Crippen LogP contribution is -2.33. The summed E-state index contributed by atoms with van der Waals surface area (Å²) in [5.41, 5.74) is 0.377. The molecule has 0 saturated heterocycles. The molecule has 3 aromatic rings. The van der Waals surface area contributed by atoms with Crippen LogP contribution in [0.25, 0.3) is 0 Å². The van der Waals surface area contributed by atoms with Gasteiger partial charge in [0.2, 0.25) is 5.91 Å². The average Bonchev–Trinajstić information content (AvgIpc) is 2.78. The van der Waals surface area contributed by atoms with Gasteiger partial charge in [-0.1, -0.05) is 18.2 Å². The van der Waals surface area contributed by atoms with Crippen LogP contribution in [0, 0.1) is 5.82 Å². The van der Waals surface area contributed by atoms with Crippen molar-refractivity contribution >= 4 is 33.2 Å². The number of amides is 2. The lowest BCUT2D eigenvalue weighted by atomic mass is 10.2. The van der Waals surface area contributed by atoms with E-state index in [1.165, 1.54) is 49.6 Å². The van der Waals surface area contributed by atoms with Crippen LogP contribution in [0.5, 0.6) is 5.75 Å². The number of ether oxygens (including phenoxy) is 1. The largest absolute Gasteiger partial charge is 0.497 e. The Morgan fingerprint density at radius 2 is 1.66 bits per heavy atom. The number of sulfonamides is 1. The Bertz CT molecular complexity index is 1230. The van der Waals surface area contributed by atoms with Crippen LogP contribution in [0.2, 0.25) is 0 Å². The molecular formula is C22H20FN3O5S. The first-order valence-corrected chi connectivity index (χ1v) is 10.9. The van der Waals surface area contributed by atoms with E-state index in [2.05, 4.69) is 15.4 Å². The number of methoxy groups -OCH3 is 1. The van der Waals surface area contributed by atoms with Gasteiger partial charge in [-0.3, -0.25) is 14.3 Å². The lowest BCUT2D eigenvalue weighted by molar-refractivity contribution is -0.115. The second-order valence-electron chi connectivity index (χ2n) is 6.57. The Balaban J connectivity index is 1.62. The fourth-order valence-corrected chi connectivity index (χ4v) is 3.82. The summed E-state index contributed by atoms with van der Waals surface area (Å²) in [4.78, 5) is 24.1. The zero-order valence-corrected chi connectivity index (χ0v) is 17.8. The summed E-state index contributed by atoms with van der Waals surface area (Å²) < 4.78 is 46.4. The molecule has 0 fully saturated rings. The van der Waals surface area contributed by atoms with Crippen molar-refractivity contribution in [1.29, 1.82) is 0 Å². The minimum atomic E-state index is -3.91. The molecule has 0 unspecified atom stereocenters. The Kier molecular flexibility index (Phi) is 7.06. The highest BCUT2D eigenvalue weighted by Crippen LogP contribution is 2.21. The van der Waals surface area contributed by atoms with Crippen molar-refractivity contribution in [2.45, 2.75) is 4.90 Å². The van der Waals surface area contributed by atoms with Crippen LogP contribution in [-0.4, -0.2) is 33.9 Å². The van der Waals surface area contributed by atoms with Gasteiger partial charge in [0.15, 0.2) is 0 Å². The molecule has 0 atom stereocenters. The van der Waals surface area contributed by atoms with E-state index in [1.807, 2.05) is 0 Å². The normalized spacial score (nSPS) is 10.8. The minimum Gasteiger partial charge on any atom is -0.497 e. The molecule has 0 bridgehead atoms. The molecule has 0 heterocycles. The number of hydrogen-bond donors (Lipinski definition) is 3. The predicted octanol–water partition coefficient (Wildman–Crippen LogP) is 3.00. The molecule has 3 rings (SSSR count). The molecule has 32 heavy (non-hydrogen) atoms. The van der Waals surface area contributed by atoms with E-state index in [4.69, 9.17) is 4.74 Å². The Hall–Kier alpha value is -3.92. The van der Waals surface area contributed by atoms with Crippen LogP contribution in [0.4, 0.5) is 15.8 Å². The third-order valence-corrected chi connectivity index (χ3v) is 5.68. The van der Waals surface area contributed by atoms with E-state index < -0.39 is 34.2 Å². The van der Waals surface area contributed by atoms with Gasteiger partial charge < -0.3 is 15.4 Å². The average molecular weight is 457 g/mol. The lowest BCUT2D eigenvalue weighted by Gasteiger charge is -2.11. The molecule has 3 N–H and O–H groups in total. The third-order valence-electron chi connectivity index (χ3n) is 4.30. The number of rotatable bonds is 8. The maximum absolute atomic E-state index is 13.6. The van der Waals surface area contributed by atoms with E-state index in [1.54, 1.807) is 24.3 Å². The summed E-state index contributed by atoms with van der Waals surface area (Å²) in [5, 5.41) is 4.81. The molecule has 0 radical (unpaired) electrons. The predicted molar refractivity (Wildman–Crippen MR) is 118 cm³/mol. The fourth-order valence-electron chi connectivity index (χ4n) is 2.72. The van der Waals surface area contributed by atoms with Crippen LogP contribution in [-0.2, 0) is 14.8 Å². The topological polar surface area (TPSA) is 114 Å². The molecule has 166 valence electrons. The van der Waals surface area contributed by atoms with Gasteiger partial charge in [-0.2, -0.15) is 0 Å². The summed E-state index contributed by atoms with van der Waals surface area (Å²) in [6, 6.07) is 17.4. The van der Waals surface area contributed by atoms with Crippen LogP contribution < -0.4 is 20.1 Å². The molecule has 0 aliphatic carbocycles. The molecule has 3 aromatic carbocycles. The Morgan fingerprint density at radius 1 is 0.938 bits per heavy atom. The Morgan fingerprint density at radius 3 is 2.34 bits per heavy atom. The number of halogens is 1. The first-order chi connectivity index (χ1) is 15.3. The standard InChI is InChI=1S/C22H20FN3O5S/c1-31-17-11-9-15(10-12-17)26-32(29,30)18-6-4-5-16(13-18)25-21(27)14-24-22(28)19-7-2-3-8-20(19)23/h2-13,26H,14H2,1H3,(H,24,28)(H,25,27). The summed E-state index contributed by atoms with van der Waals surface area (Å²) >= 11 is 0. The van der Waals surface area contributed by atoms with Gasteiger partial charge in [-0.15, -0.1) is 0 Å². The second kappa shape index (κ2) is 9.92. The first kappa shape index (κ1) is 22.8. The van der Waals surface area contributed by atoms with Crippen LogP contribution in [0.1, 0.15) is 10.4 Å². The minimum absolute atomic E-state index is 0.0680. The van der Waals surface area contributed by atoms with Crippen LogP contribution in [0.3, 0.4) is 0 Å². The maximum Gasteiger partial charge on any atom is 0.261 e. The highest BCUT2D eigenvalue weighted by Gasteiger charge is 2.16. The van der Waals surface area contributed by atoms with Gasteiger partial charge in [0, 0.05) is 11.4 Å². The van der Waals surface area contributed by atoms with Crippen LogP contribution in [0.15, 0.2) is 77.7 Å². The zero-order valence-electron chi connectivity index (χ0n) is 17.0. The molecule has 0 aromatic heterocycles. The summed E-state index contributed by atoms with van der Waals surface area (Å²) in [5.74, 6) is -1.46. The monoisotopic (exact) mass is 457 g/mol. The van der Waals surface area contributed by atoms with Gasteiger partial charge >= 0.3 is 0 Å². The van der Waals surface area contributed by atoms with Gasteiger partial charge in [-0.25, -0.2) is 12.8 Å².